The molecule has 1 aromatic rings. The van der Waals surface area contributed by atoms with E-state index in [1.54, 1.807) is 30.3 Å². The number of hydrogen-bond donors (Lipinski definition) is 5. The van der Waals surface area contributed by atoms with Crippen LogP contribution in [0.3, 0.4) is 0 Å². The van der Waals surface area contributed by atoms with Crippen molar-refractivity contribution in [3.05, 3.63) is 35.9 Å². The second-order valence-corrected chi connectivity index (χ2v) is 8.59. The van der Waals surface area contributed by atoms with Gasteiger partial charge in [-0.3, -0.25) is 19.2 Å². The van der Waals surface area contributed by atoms with Gasteiger partial charge in [-0.1, -0.05) is 18.2 Å². The Kier molecular flexibility index (Phi) is 5.29. The zero-order valence-corrected chi connectivity index (χ0v) is 16.4. The van der Waals surface area contributed by atoms with Crippen molar-refractivity contribution in [3.63, 3.8) is 0 Å². The number of benzene rings is 1. The molecule has 4 saturated carbocycles. The Labute approximate surface area is 176 Å². The first-order chi connectivity index (χ1) is 14.4. The Balaban J connectivity index is 0.000000254. The number of rotatable bonds is 5. The van der Waals surface area contributed by atoms with Gasteiger partial charge in [0.15, 0.2) is 5.41 Å². The molecule has 1 aromatic carbocycles. The zero-order valence-electron chi connectivity index (χ0n) is 16.4. The Morgan fingerprint density at radius 1 is 0.645 bits per heavy atom. The highest BCUT2D eigenvalue weighted by molar-refractivity contribution is 6.09. The summed E-state index contributed by atoms with van der Waals surface area (Å²) in [6, 6.07) is 8.30. The third-order valence-electron chi connectivity index (χ3n) is 7.13. The molecule has 0 amide bonds. The van der Waals surface area contributed by atoms with Crippen molar-refractivity contribution < 1.29 is 49.5 Å². The van der Waals surface area contributed by atoms with Gasteiger partial charge in [0.2, 0.25) is 0 Å². The van der Waals surface area contributed by atoms with Crippen LogP contribution in [-0.4, -0.2) is 55.4 Å². The molecule has 4 fully saturated rings. The number of aliphatic carboxylic acids is 4. The highest BCUT2D eigenvalue weighted by Crippen LogP contribution is 2.74. The molecule has 10 heteroatoms. The Bertz CT molecular complexity index is 886. The average Bonchev–Trinajstić information content (AvgIpc) is 2.67. The monoisotopic (exact) mass is 434 g/mol. The van der Waals surface area contributed by atoms with E-state index >= 15 is 0 Å². The Hall–Kier alpha value is -3.43. The first-order valence-electron chi connectivity index (χ1n) is 9.66. The van der Waals surface area contributed by atoms with Crippen LogP contribution in [-0.2, 0) is 19.2 Å². The van der Waals surface area contributed by atoms with Gasteiger partial charge < -0.3 is 25.5 Å². The number of carboxylic acid groups (broad SMARTS) is 5. The minimum Gasteiger partial charge on any atom is -0.481 e. The molecular weight excluding hydrogens is 412 g/mol. The number of aromatic carboxylic acids is 1. The van der Waals surface area contributed by atoms with Crippen LogP contribution >= 0.6 is 0 Å². The van der Waals surface area contributed by atoms with Crippen molar-refractivity contribution in [2.75, 3.05) is 0 Å². The summed E-state index contributed by atoms with van der Waals surface area (Å²) in [6.45, 7) is 0. The van der Waals surface area contributed by atoms with Crippen LogP contribution in [0.25, 0.3) is 0 Å². The Morgan fingerprint density at radius 2 is 1.03 bits per heavy atom. The van der Waals surface area contributed by atoms with Crippen LogP contribution in [0.15, 0.2) is 30.3 Å². The second-order valence-electron chi connectivity index (χ2n) is 8.59. The predicted octanol–water partition coefficient (Wildman–Crippen LogP) is 1.89. The van der Waals surface area contributed by atoms with Crippen LogP contribution < -0.4 is 0 Å². The van der Waals surface area contributed by atoms with Crippen LogP contribution in [0.2, 0.25) is 0 Å². The number of carboxylic acids is 5. The minimum atomic E-state index is -2.83. The molecule has 4 bridgehead atoms. The molecule has 0 radical (unpaired) electrons. The molecular formula is C21H22O10. The summed E-state index contributed by atoms with van der Waals surface area (Å²) in [5.41, 5.74) is -6.62. The molecule has 0 spiro atoms. The summed E-state index contributed by atoms with van der Waals surface area (Å²) in [5, 5.41) is 47.1. The van der Waals surface area contributed by atoms with Crippen molar-refractivity contribution in [3.8, 4) is 0 Å². The lowest BCUT2D eigenvalue weighted by Gasteiger charge is -2.65. The highest BCUT2D eigenvalue weighted by atomic mass is 16.4. The van der Waals surface area contributed by atoms with Crippen molar-refractivity contribution in [1.29, 1.82) is 0 Å². The van der Waals surface area contributed by atoms with Gasteiger partial charge in [-0.2, -0.15) is 0 Å². The smallest absolute Gasteiger partial charge is 0.335 e. The quantitative estimate of drug-likeness (QED) is 0.428. The van der Waals surface area contributed by atoms with E-state index in [9.17, 15) is 44.4 Å². The predicted molar refractivity (Wildman–Crippen MR) is 101 cm³/mol. The normalized spacial score (nSPS) is 31.7. The molecule has 0 atom stereocenters. The Morgan fingerprint density at radius 3 is 1.29 bits per heavy atom. The topological polar surface area (TPSA) is 186 Å². The molecule has 0 heterocycles. The molecule has 5 rings (SSSR count). The standard InChI is InChI=1S/C14H16O8.C7H6O2/c15-8(16)12-2-6-1-7(4-12)5-13(3-6,9(17)18)14(12,10(19)20)11(21)22;8-7(9)6-4-2-1-3-5-6/h6-7H,1-5H2,(H,15,16)(H,17,18)(H,19,20)(H,21,22);1-5H,(H,8,9). The minimum absolute atomic E-state index is 0.0908. The third kappa shape index (κ3) is 2.88. The highest BCUT2D eigenvalue weighted by Gasteiger charge is 2.84. The van der Waals surface area contributed by atoms with Gasteiger partial charge in [-0.25, -0.2) is 4.79 Å². The van der Waals surface area contributed by atoms with Crippen LogP contribution in [0.1, 0.15) is 42.5 Å². The molecule has 0 aliphatic heterocycles. The lowest BCUT2D eigenvalue weighted by Crippen LogP contribution is -2.75. The average molecular weight is 434 g/mol. The molecule has 10 nitrogen and oxygen atoms in total. The lowest BCUT2D eigenvalue weighted by atomic mass is 9.33. The van der Waals surface area contributed by atoms with E-state index in [0.717, 1.165) is 0 Å². The maximum absolute atomic E-state index is 12.0. The fraction of sp³-hybridized carbons (Fsp3) is 0.476. The molecule has 0 saturated heterocycles. The molecule has 5 N–H and O–H groups in total. The largest absolute Gasteiger partial charge is 0.481 e. The summed E-state index contributed by atoms with van der Waals surface area (Å²) in [5.74, 6) is -8.14. The van der Waals surface area contributed by atoms with Crippen molar-refractivity contribution in [2.24, 2.45) is 28.1 Å². The number of hydrogen-bond acceptors (Lipinski definition) is 5. The fourth-order valence-electron chi connectivity index (χ4n) is 6.32. The summed E-state index contributed by atoms with van der Waals surface area (Å²) < 4.78 is 0. The van der Waals surface area contributed by atoms with E-state index < -0.39 is 46.1 Å². The van der Waals surface area contributed by atoms with Gasteiger partial charge in [-0.05, 0) is 56.1 Å². The summed E-state index contributed by atoms with van der Waals surface area (Å²) >= 11 is 0. The van der Waals surface area contributed by atoms with Crippen LogP contribution in [0.5, 0.6) is 0 Å². The zero-order chi connectivity index (χ0) is 23.2. The van der Waals surface area contributed by atoms with Crippen LogP contribution in [0, 0.1) is 28.1 Å². The van der Waals surface area contributed by atoms with E-state index in [-0.39, 0.29) is 37.5 Å². The van der Waals surface area contributed by atoms with Gasteiger partial charge >= 0.3 is 29.8 Å². The lowest BCUT2D eigenvalue weighted by molar-refractivity contribution is -0.249. The third-order valence-corrected chi connectivity index (χ3v) is 7.13. The molecule has 31 heavy (non-hydrogen) atoms. The van der Waals surface area contributed by atoms with E-state index in [2.05, 4.69) is 0 Å². The fourth-order valence-corrected chi connectivity index (χ4v) is 6.32. The van der Waals surface area contributed by atoms with Gasteiger partial charge in [0, 0.05) is 0 Å². The summed E-state index contributed by atoms with van der Waals surface area (Å²) in [4.78, 5) is 58.0. The van der Waals surface area contributed by atoms with Crippen molar-refractivity contribution in [2.45, 2.75) is 32.1 Å². The van der Waals surface area contributed by atoms with Gasteiger partial charge in [-0.15, -0.1) is 0 Å². The molecule has 4 aliphatic carbocycles. The molecule has 0 aromatic heterocycles. The van der Waals surface area contributed by atoms with Gasteiger partial charge in [0.25, 0.3) is 0 Å². The maximum atomic E-state index is 12.0. The van der Waals surface area contributed by atoms with E-state index in [0.29, 0.717) is 12.0 Å². The molecule has 166 valence electrons. The van der Waals surface area contributed by atoms with E-state index in [4.69, 9.17) is 5.11 Å². The summed E-state index contributed by atoms with van der Waals surface area (Å²) in [7, 11) is 0. The first kappa shape index (κ1) is 22.3. The van der Waals surface area contributed by atoms with Gasteiger partial charge in [0.1, 0.15) is 0 Å². The van der Waals surface area contributed by atoms with E-state index in [1.807, 2.05) is 0 Å². The van der Waals surface area contributed by atoms with Crippen molar-refractivity contribution in [1.82, 2.24) is 0 Å². The maximum Gasteiger partial charge on any atom is 0.335 e. The molecule has 0 unspecified atom stereocenters. The summed E-state index contributed by atoms with van der Waals surface area (Å²) in [6.07, 6.45) is 0.275. The second kappa shape index (κ2) is 7.36. The van der Waals surface area contributed by atoms with E-state index in [1.165, 1.54) is 0 Å². The van der Waals surface area contributed by atoms with Crippen molar-refractivity contribution >= 4 is 29.8 Å². The van der Waals surface area contributed by atoms with Crippen LogP contribution in [0.4, 0.5) is 0 Å². The van der Waals surface area contributed by atoms with Gasteiger partial charge in [0.05, 0.1) is 16.4 Å². The first-order valence-corrected chi connectivity index (χ1v) is 9.66. The molecule has 4 aliphatic rings. The number of carbonyl (C=O) groups is 5. The SMILES string of the molecule is O=C(O)C12CC3CC(C1)CC(C(=O)O)(C3)C2(C(=O)O)C(=O)O.O=C(O)c1ccccc1.